The van der Waals surface area contributed by atoms with Gasteiger partial charge in [-0.05, 0) is 17.7 Å². The Morgan fingerprint density at radius 3 is 2.87 bits per heavy atom. The summed E-state index contributed by atoms with van der Waals surface area (Å²) in [5, 5.41) is 3.32. The van der Waals surface area contributed by atoms with E-state index < -0.39 is 0 Å². The quantitative estimate of drug-likeness (QED) is 0.818. The van der Waals surface area contributed by atoms with Gasteiger partial charge in [-0.2, -0.15) is 0 Å². The molecule has 0 amide bonds. The number of hydrogen-bond acceptors (Lipinski definition) is 2. The summed E-state index contributed by atoms with van der Waals surface area (Å²) < 4.78 is 18.0. The van der Waals surface area contributed by atoms with Crippen molar-refractivity contribution in [3.63, 3.8) is 0 Å². The molecule has 1 aliphatic rings. The van der Waals surface area contributed by atoms with Crippen LogP contribution in [0, 0.1) is 11.2 Å². The molecule has 1 fully saturated rings. The molecular formula is C12H16FNO. The number of benzene rings is 1. The Bertz CT molecular complexity index is 336. The molecule has 1 saturated heterocycles. The molecule has 0 saturated carbocycles. The van der Waals surface area contributed by atoms with E-state index in [1.54, 1.807) is 12.1 Å². The highest BCUT2D eigenvalue weighted by Crippen LogP contribution is 2.25. The molecule has 1 aromatic rings. The molecule has 1 aliphatic heterocycles. The van der Waals surface area contributed by atoms with Gasteiger partial charge in [-0.15, -0.1) is 0 Å². The summed E-state index contributed by atoms with van der Waals surface area (Å²) in [4.78, 5) is 0. The third kappa shape index (κ3) is 2.76. The largest absolute Gasteiger partial charge is 0.380 e. The van der Waals surface area contributed by atoms with Crippen LogP contribution < -0.4 is 5.32 Å². The standard InChI is InChI=1S/C12H16FNO/c1-12(8-15-9-12)7-14-6-10-3-2-4-11(13)5-10/h2-5,14H,6-9H2,1H3. The van der Waals surface area contributed by atoms with E-state index in [1.165, 1.54) is 6.07 Å². The summed E-state index contributed by atoms with van der Waals surface area (Å²) in [7, 11) is 0. The summed E-state index contributed by atoms with van der Waals surface area (Å²) in [5.74, 6) is -0.174. The van der Waals surface area contributed by atoms with E-state index in [2.05, 4.69) is 12.2 Å². The van der Waals surface area contributed by atoms with Crippen molar-refractivity contribution in [2.24, 2.45) is 5.41 Å². The summed E-state index contributed by atoms with van der Waals surface area (Å²) in [6.07, 6.45) is 0. The lowest BCUT2D eigenvalue weighted by Crippen LogP contribution is -2.47. The molecule has 1 N–H and O–H groups in total. The Balaban J connectivity index is 1.78. The van der Waals surface area contributed by atoms with Crippen LogP contribution in [-0.2, 0) is 11.3 Å². The topological polar surface area (TPSA) is 21.3 Å². The first kappa shape index (κ1) is 10.6. The van der Waals surface area contributed by atoms with Crippen molar-refractivity contribution in [1.82, 2.24) is 5.32 Å². The fraction of sp³-hybridized carbons (Fsp3) is 0.500. The van der Waals surface area contributed by atoms with Gasteiger partial charge in [0.05, 0.1) is 13.2 Å². The second-order valence-corrected chi connectivity index (χ2v) is 4.54. The molecule has 82 valence electrons. The van der Waals surface area contributed by atoms with Crippen LogP contribution >= 0.6 is 0 Å². The predicted octanol–water partition coefficient (Wildman–Crippen LogP) is 1.95. The highest BCUT2D eigenvalue weighted by Gasteiger charge is 2.32. The van der Waals surface area contributed by atoms with E-state index in [1.807, 2.05) is 6.07 Å². The van der Waals surface area contributed by atoms with Gasteiger partial charge in [0, 0.05) is 18.5 Å². The van der Waals surface area contributed by atoms with Crippen molar-refractivity contribution in [3.05, 3.63) is 35.6 Å². The van der Waals surface area contributed by atoms with Gasteiger partial charge in [-0.25, -0.2) is 4.39 Å². The molecule has 0 bridgehead atoms. The van der Waals surface area contributed by atoms with E-state index in [0.29, 0.717) is 6.54 Å². The fourth-order valence-corrected chi connectivity index (χ4v) is 1.71. The smallest absolute Gasteiger partial charge is 0.123 e. The van der Waals surface area contributed by atoms with Crippen molar-refractivity contribution in [1.29, 1.82) is 0 Å². The summed E-state index contributed by atoms with van der Waals surface area (Å²) in [6, 6.07) is 6.69. The monoisotopic (exact) mass is 209 g/mol. The van der Waals surface area contributed by atoms with Crippen LogP contribution in [0.2, 0.25) is 0 Å². The Morgan fingerprint density at radius 2 is 2.27 bits per heavy atom. The summed E-state index contributed by atoms with van der Waals surface area (Å²) in [5.41, 5.74) is 1.26. The average molecular weight is 209 g/mol. The van der Waals surface area contributed by atoms with Gasteiger partial charge in [0.15, 0.2) is 0 Å². The van der Waals surface area contributed by atoms with Gasteiger partial charge in [-0.3, -0.25) is 0 Å². The number of rotatable bonds is 4. The number of ether oxygens (including phenoxy) is 1. The molecule has 0 aliphatic carbocycles. The van der Waals surface area contributed by atoms with E-state index in [-0.39, 0.29) is 11.2 Å². The first-order valence-corrected chi connectivity index (χ1v) is 5.21. The van der Waals surface area contributed by atoms with Crippen LogP contribution in [0.25, 0.3) is 0 Å². The lowest BCUT2D eigenvalue weighted by atomic mass is 9.89. The molecule has 1 heterocycles. The van der Waals surface area contributed by atoms with Crippen LogP contribution in [0.3, 0.4) is 0 Å². The van der Waals surface area contributed by atoms with Gasteiger partial charge < -0.3 is 10.1 Å². The molecule has 0 aromatic heterocycles. The number of nitrogens with one attached hydrogen (secondary N) is 1. The molecule has 0 radical (unpaired) electrons. The van der Waals surface area contributed by atoms with Crippen molar-refractivity contribution < 1.29 is 9.13 Å². The normalized spacial score (nSPS) is 18.5. The third-order valence-corrected chi connectivity index (χ3v) is 2.67. The number of halogens is 1. The maximum atomic E-state index is 12.9. The zero-order valence-corrected chi connectivity index (χ0v) is 8.92. The van der Waals surface area contributed by atoms with Crippen molar-refractivity contribution in [2.75, 3.05) is 19.8 Å². The maximum absolute atomic E-state index is 12.9. The van der Waals surface area contributed by atoms with Gasteiger partial charge in [0.1, 0.15) is 5.82 Å². The molecule has 0 atom stereocenters. The molecule has 2 rings (SSSR count). The predicted molar refractivity (Wildman–Crippen MR) is 57.0 cm³/mol. The van der Waals surface area contributed by atoms with Gasteiger partial charge in [0.25, 0.3) is 0 Å². The van der Waals surface area contributed by atoms with Crippen LogP contribution in [0.4, 0.5) is 4.39 Å². The van der Waals surface area contributed by atoms with Crippen LogP contribution in [0.5, 0.6) is 0 Å². The molecule has 2 nitrogen and oxygen atoms in total. The Hall–Kier alpha value is -0.930. The van der Waals surface area contributed by atoms with Crippen molar-refractivity contribution in [2.45, 2.75) is 13.5 Å². The molecule has 0 spiro atoms. The van der Waals surface area contributed by atoms with E-state index in [9.17, 15) is 4.39 Å². The zero-order valence-electron chi connectivity index (χ0n) is 8.92. The molecule has 3 heteroatoms. The lowest BCUT2D eigenvalue weighted by molar-refractivity contribution is -0.0991. The maximum Gasteiger partial charge on any atom is 0.123 e. The zero-order chi connectivity index (χ0) is 10.7. The van der Waals surface area contributed by atoms with Crippen LogP contribution in [0.1, 0.15) is 12.5 Å². The fourth-order valence-electron chi connectivity index (χ4n) is 1.71. The van der Waals surface area contributed by atoms with Crippen LogP contribution in [0.15, 0.2) is 24.3 Å². The van der Waals surface area contributed by atoms with E-state index in [4.69, 9.17) is 4.74 Å². The lowest BCUT2D eigenvalue weighted by Gasteiger charge is -2.38. The summed E-state index contributed by atoms with van der Waals surface area (Å²) in [6.45, 7) is 5.47. The minimum atomic E-state index is -0.174. The highest BCUT2D eigenvalue weighted by atomic mass is 19.1. The van der Waals surface area contributed by atoms with Crippen molar-refractivity contribution in [3.8, 4) is 0 Å². The minimum Gasteiger partial charge on any atom is -0.380 e. The second kappa shape index (κ2) is 4.29. The Morgan fingerprint density at radius 1 is 1.47 bits per heavy atom. The molecule has 1 aromatic carbocycles. The second-order valence-electron chi connectivity index (χ2n) is 4.54. The molecule has 0 unspecified atom stereocenters. The van der Waals surface area contributed by atoms with Gasteiger partial charge in [-0.1, -0.05) is 19.1 Å². The molecule has 15 heavy (non-hydrogen) atoms. The Kier molecular flexibility index (Phi) is 3.03. The van der Waals surface area contributed by atoms with Crippen LogP contribution in [-0.4, -0.2) is 19.8 Å². The SMILES string of the molecule is CC1(CNCc2cccc(F)c2)COC1. The van der Waals surface area contributed by atoms with Gasteiger partial charge in [0.2, 0.25) is 0 Å². The molecular weight excluding hydrogens is 193 g/mol. The average Bonchev–Trinajstić information content (AvgIpc) is 2.15. The highest BCUT2D eigenvalue weighted by molar-refractivity contribution is 5.15. The van der Waals surface area contributed by atoms with Crippen molar-refractivity contribution >= 4 is 0 Å². The number of hydrogen-bond donors (Lipinski definition) is 1. The Labute approximate surface area is 89.4 Å². The first-order valence-electron chi connectivity index (χ1n) is 5.21. The summed E-state index contributed by atoms with van der Waals surface area (Å²) >= 11 is 0. The van der Waals surface area contributed by atoms with E-state index in [0.717, 1.165) is 25.3 Å². The van der Waals surface area contributed by atoms with E-state index >= 15 is 0 Å². The first-order chi connectivity index (χ1) is 7.18. The van der Waals surface area contributed by atoms with Gasteiger partial charge >= 0.3 is 0 Å². The third-order valence-electron chi connectivity index (χ3n) is 2.67. The minimum absolute atomic E-state index is 0.174.